The molecule has 1 aromatic heterocycles. The van der Waals surface area contributed by atoms with Gasteiger partial charge in [0.25, 0.3) is 5.91 Å². The minimum Gasteiger partial charge on any atom is -0.473 e. The number of amides is 1. The maximum Gasteiger partial charge on any atom is 0.252 e. The van der Waals surface area contributed by atoms with Gasteiger partial charge in [-0.3, -0.25) is 4.79 Å². The van der Waals surface area contributed by atoms with Crippen molar-refractivity contribution in [3.8, 4) is 5.88 Å². The standard InChI is InChI=1S/C13H18N2O3S/c16-6-1-5-14-13(17)10-2-3-12(15-8-10)18-11-4-7-19-9-11/h2-3,8,11,16H,1,4-7,9H2,(H,14,17). The van der Waals surface area contributed by atoms with Crippen LogP contribution in [0.3, 0.4) is 0 Å². The quantitative estimate of drug-likeness (QED) is 0.764. The van der Waals surface area contributed by atoms with Crippen molar-refractivity contribution in [3.05, 3.63) is 23.9 Å². The molecule has 1 saturated heterocycles. The first kappa shape index (κ1) is 14.1. The van der Waals surface area contributed by atoms with E-state index >= 15 is 0 Å². The Balaban J connectivity index is 1.84. The van der Waals surface area contributed by atoms with Crippen molar-refractivity contribution in [2.24, 2.45) is 0 Å². The number of ether oxygens (including phenoxy) is 1. The molecule has 2 rings (SSSR count). The maximum atomic E-state index is 11.7. The van der Waals surface area contributed by atoms with E-state index in [1.165, 1.54) is 6.20 Å². The number of hydrogen-bond acceptors (Lipinski definition) is 5. The molecule has 2 heterocycles. The van der Waals surface area contributed by atoms with Gasteiger partial charge in [0, 0.05) is 31.2 Å². The lowest BCUT2D eigenvalue weighted by Crippen LogP contribution is -2.25. The normalized spacial score (nSPS) is 18.3. The molecule has 1 fully saturated rings. The molecule has 1 atom stereocenters. The summed E-state index contributed by atoms with van der Waals surface area (Å²) in [5.41, 5.74) is 0.506. The summed E-state index contributed by atoms with van der Waals surface area (Å²) in [4.78, 5) is 15.8. The fourth-order valence-corrected chi connectivity index (χ4v) is 2.84. The molecular formula is C13H18N2O3S. The third kappa shape index (κ3) is 4.40. The number of pyridine rings is 1. The lowest BCUT2D eigenvalue weighted by atomic mass is 10.2. The van der Waals surface area contributed by atoms with Crippen LogP contribution < -0.4 is 10.1 Å². The Morgan fingerprint density at radius 2 is 2.47 bits per heavy atom. The molecule has 1 unspecified atom stereocenters. The third-order valence-electron chi connectivity index (χ3n) is 2.79. The molecule has 1 aromatic rings. The van der Waals surface area contributed by atoms with Crippen LogP contribution in [0.15, 0.2) is 18.3 Å². The van der Waals surface area contributed by atoms with E-state index in [-0.39, 0.29) is 18.6 Å². The number of aliphatic hydroxyl groups excluding tert-OH is 1. The Morgan fingerprint density at radius 3 is 3.11 bits per heavy atom. The van der Waals surface area contributed by atoms with Crippen LogP contribution in [-0.2, 0) is 0 Å². The van der Waals surface area contributed by atoms with E-state index in [1.54, 1.807) is 12.1 Å². The molecule has 1 aliphatic heterocycles. The lowest BCUT2D eigenvalue weighted by molar-refractivity contribution is 0.0950. The molecule has 0 aromatic carbocycles. The molecule has 0 spiro atoms. The highest BCUT2D eigenvalue weighted by atomic mass is 32.2. The Kier molecular flexibility index (Phi) is 5.47. The number of carbonyl (C=O) groups excluding carboxylic acids is 1. The fourth-order valence-electron chi connectivity index (χ4n) is 1.74. The second-order valence-corrected chi connectivity index (χ2v) is 5.47. The molecule has 6 heteroatoms. The fraction of sp³-hybridized carbons (Fsp3) is 0.538. The summed E-state index contributed by atoms with van der Waals surface area (Å²) in [5.74, 6) is 2.53. The highest BCUT2D eigenvalue weighted by Gasteiger charge is 2.17. The smallest absolute Gasteiger partial charge is 0.252 e. The van der Waals surface area contributed by atoms with E-state index in [4.69, 9.17) is 9.84 Å². The van der Waals surface area contributed by atoms with E-state index in [0.29, 0.717) is 24.4 Å². The average molecular weight is 282 g/mol. The van der Waals surface area contributed by atoms with Gasteiger partial charge in [-0.25, -0.2) is 4.98 Å². The monoisotopic (exact) mass is 282 g/mol. The second kappa shape index (κ2) is 7.35. The number of aromatic nitrogens is 1. The first-order chi connectivity index (χ1) is 9.29. The largest absolute Gasteiger partial charge is 0.473 e. The van der Waals surface area contributed by atoms with Crippen LogP contribution in [0.1, 0.15) is 23.2 Å². The SMILES string of the molecule is O=C(NCCCO)c1ccc(OC2CCSC2)nc1. The van der Waals surface area contributed by atoms with Crippen molar-refractivity contribution in [2.45, 2.75) is 18.9 Å². The first-order valence-corrected chi connectivity index (χ1v) is 7.54. The van der Waals surface area contributed by atoms with Gasteiger partial charge in [0.15, 0.2) is 0 Å². The number of hydrogen-bond donors (Lipinski definition) is 2. The van der Waals surface area contributed by atoms with Crippen molar-refractivity contribution < 1.29 is 14.6 Å². The zero-order valence-electron chi connectivity index (χ0n) is 10.7. The Hall–Kier alpha value is -1.27. The Bertz CT molecular complexity index is 405. The molecule has 0 saturated carbocycles. The van der Waals surface area contributed by atoms with Crippen molar-refractivity contribution in [2.75, 3.05) is 24.7 Å². The third-order valence-corrected chi connectivity index (χ3v) is 3.93. The molecule has 19 heavy (non-hydrogen) atoms. The molecule has 0 radical (unpaired) electrons. The first-order valence-electron chi connectivity index (χ1n) is 6.39. The predicted molar refractivity (Wildman–Crippen MR) is 74.6 cm³/mol. The van der Waals surface area contributed by atoms with Crippen LogP contribution in [-0.4, -0.2) is 46.8 Å². The van der Waals surface area contributed by atoms with Crippen LogP contribution in [0.4, 0.5) is 0 Å². The zero-order valence-corrected chi connectivity index (χ0v) is 11.5. The Morgan fingerprint density at radius 1 is 1.58 bits per heavy atom. The molecule has 104 valence electrons. The average Bonchev–Trinajstić information content (AvgIpc) is 2.93. The summed E-state index contributed by atoms with van der Waals surface area (Å²) in [6, 6.07) is 3.43. The van der Waals surface area contributed by atoms with Crippen LogP contribution in [0, 0.1) is 0 Å². The number of aliphatic hydroxyl groups is 1. The predicted octanol–water partition coefficient (Wildman–Crippen LogP) is 1.08. The van der Waals surface area contributed by atoms with Crippen molar-refractivity contribution >= 4 is 17.7 Å². The number of carbonyl (C=O) groups is 1. The number of thioether (sulfide) groups is 1. The van der Waals surface area contributed by atoms with Gasteiger partial charge in [-0.05, 0) is 24.7 Å². The van der Waals surface area contributed by atoms with Gasteiger partial charge in [-0.15, -0.1) is 0 Å². The number of nitrogens with zero attached hydrogens (tertiary/aromatic N) is 1. The van der Waals surface area contributed by atoms with Crippen LogP contribution in [0.2, 0.25) is 0 Å². The van der Waals surface area contributed by atoms with Gasteiger partial charge in [0.1, 0.15) is 6.10 Å². The van der Waals surface area contributed by atoms with Gasteiger partial charge < -0.3 is 15.2 Å². The molecule has 1 aliphatic rings. The summed E-state index contributed by atoms with van der Waals surface area (Å²) in [6.45, 7) is 0.539. The lowest BCUT2D eigenvalue weighted by Gasteiger charge is -2.11. The zero-order chi connectivity index (χ0) is 13.5. The summed E-state index contributed by atoms with van der Waals surface area (Å²) in [5, 5.41) is 11.3. The highest BCUT2D eigenvalue weighted by molar-refractivity contribution is 7.99. The molecule has 0 aliphatic carbocycles. The summed E-state index contributed by atoms with van der Waals surface area (Å²) in [6.07, 6.45) is 3.36. The number of nitrogens with one attached hydrogen (secondary N) is 1. The van der Waals surface area contributed by atoms with E-state index in [9.17, 15) is 4.79 Å². The van der Waals surface area contributed by atoms with Gasteiger partial charge in [-0.1, -0.05) is 0 Å². The number of rotatable bonds is 6. The van der Waals surface area contributed by atoms with E-state index in [2.05, 4.69) is 10.3 Å². The van der Waals surface area contributed by atoms with Crippen LogP contribution in [0.5, 0.6) is 5.88 Å². The molecule has 0 bridgehead atoms. The Labute approximate surface area is 116 Å². The van der Waals surface area contributed by atoms with Gasteiger partial charge in [0.05, 0.1) is 5.56 Å². The van der Waals surface area contributed by atoms with Crippen molar-refractivity contribution in [3.63, 3.8) is 0 Å². The second-order valence-electron chi connectivity index (χ2n) is 4.32. The van der Waals surface area contributed by atoms with Gasteiger partial charge in [-0.2, -0.15) is 11.8 Å². The minimum absolute atomic E-state index is 0.0741. The van der Waals surface area contributed by atoms with E-state index in [1.807, 2.05) is 11.8 Å². The maximum absolute atomic E-state index is 11.7. The summed E-state index contributed by atoms with van der Waals surface area (Å²) in [7, 11) is 0. The minimum atomic E-state index is -0.177. The van der Waals surface area contributed by atoms with E-state index in [0.717, 1.165) is 17.9 Å². The van der Waals surface area contributed by atoms with E-state index < -0.39 is 0 Å². The topological polar surface area (TPSA) is 71.5 Å². The van der Waals surface area contributed by atoms with Crippen molar-refractivity contribution in [1.82, 2.24) is 10.3 Å². The highest BCUT2D eigenvalue weighted by Crippen LogP contribution is 2.21. The van der Waals surface area contributed by atoms with Crippen LogP contribution >= 0.6 is 11.8 Å². The van der Waals surface area contributed by atoms with Gasteiger partial charge >= 0.3 is 0 Å². The van der Waals surface area contributed by atoms with Crippen molar-refractivity contribution in [1.29, 1.82) is 0 Å². The summed E-state index contributed by atoms with van der Waals surface area (Å²) >= 11 is 1.88. The molecule has 2 N–H and O–H groups in total. The van der Waals surface area contributed by atoms with Gasteiger partial charge in [0.2, 0.25) is 5.88 Å². The molecule has 1 amide bonds. The summed E-state index contributed by atoms with van der Waals surface area (Å²) < 4.78 is 5.71. The van der Waals surface area contributed by atoms with Crippen LogP contribution in [0.25, 0.3) is 0 Å². The molecular weight excluding hydrogens is 264 g/mol. The molecule has 5 nitrogen and oxygen atoms in total.